The fraction of sp³-hybridized carbons (Fsp3) is 0.250. The summed E-state index contributed by atoms with van der Waals surface area (Å²) in [6.07, 6.45) is -1.04. The zero-order chi connectivity index (χ0) is 20.0. The minimum atomic E-state index is -1.04. The van der Waals surface area contributed by atoms with Crippen LogP contribution in [0, 0.1) is 0 Å². The number of benzene rings is 2. The third-order valence-electron chi connectivity index (χ3n) is 3.84. The van der Waals surface area contributed by atoms with Crippen molar-refractivity contribution in [1.82, 2.24) is 0 Å². The van der Waals surface area contributed by atoms with Crippen LogP contribution >= 0.6 is 0 Å². The van der Waals surface area contributed by atoms with E-state index in [0.29, 0.717) is 22.7 Å². The van der Waals surface area contributed by atoms with Gasteiger partial charge in [0.05, 0.1) is 14.2 Å². The fourth-order valence-electron chi connectivity index (χ4n) is 2.28. The SMILES string of the molecule is COc1ccc(OC)c(C(=O)O[C@@H](C)C(=O)Nc2ccc(C(C)=O)cc2)c1. The van der Waals surface area contributed by atoms with E-state index >= 15 is 0 Å². The highest BCUT2D eigenvalue weighted by Crippen LogP contribution is 2.25. The second-order valence-electron chi connectivity index (χ2n) is 5.74. The molecule has 2 aromatic carbocycles. The van der Waals surface area contributed by atoms with E-state index in [4.69, 9.17) is 14.2 Å². The molecular formula is C20H21NO6. The predicted octanol–water partition coefficient (Wildman–Crippen LogP) is 3.09. The Labute approximate surface area is 157 Å². The number of ether oxygens (including phenoxy) is 3. The molecule has 0 fully saturated rings. The van der Waals surface area contributed by atoms with Crippen molar-refractivity contribution in [2.24, 2.45) is 0 Å². The molecule has 2 aromatic rings. The summed E-state index contributed by atoms with van der Waals surface area (Å²) in [5.74, 6) is -0.498. The summed E-state index contributed by atoms with van der Waals surface area (Å²) < 4.78 is 15.5. The van der Waals surface area contributed by atoms with E-state index in [1.165, 1.54) is 34.1 Å². The smallest absolute Gasteiger partial charge is 0.342 e. The lowest BCUT2D eigenvalue weighted by atomic mass is 10.1. The quantitative estimate of drug-likeness (QED) is 0.594. The van der Waals surface area contributed by atoms with Crippen molar-refractivity contribution in [3.05, 3.63) is 53.6 Å². The molecule has 27 heavy (non-hydrogen) atoms. The Morgan fingerprint density at radius 3 is 2.19 bits per heavy atom. The molecule has 1 amide bonds. The number of Topliss-reactive ketones (excluding diaryl/α,β-unsaturated/α-hetero) is 1. The zero-order valence-corrected chi connectivity index (χ0v) is 15.6. The lowest BCUT2D eigenvalue weighted by Gasteiger charge is -2.15. The Balaban J connectivity index is 2.05. The van der Waals surface area contributed by atoms with E-state index in [1.54, 1.807) is 36.4 Å². The van der Waals surface area contributed by atoms with Crippen LogP contribution in [0.15, 0.2) is 42.5 Å². The van der Waals surface area contributed by atoms with Crippen LogP contribution in [0.5, 0.6) is 11.5 Å². The number of hydrogen-bond acceptors (Lipinski definition) is 6. The Kier molecular flexibility index (Phi) is 6.54. The van der Waals surface area contributed by atoms with Crippen LogP contribution in [0.4, 0.5) is 5.69 Å². The lowest BCUT2D eigenvalue weighted by Crippen LogP contribution is -2.30. The highest BCUT2D eigenvalue weighted by atomic mass is 16.5. The first-order chi connectivity index (χ1) is 12.8. The van der Waals surface area contributed by atoms with Crippen molar-refractivity contribution in [3.63, 3.8) is 0 Å². The zero-order valence-electron chi connectivity index (χ0n) is 15.6. The average molecular weight is 371 g/mol. The third-order valence-corrected chi connectivity index (χ3v) is 3.84. The minimum Gasteiger partial charge on any atom is -0.497 e. The molecule has 0 heterocycles. The summed E-state index contributed by atoms with van der Waals surface area (Å²) in [6.45, 7) is 2.92. The molecule has 0 unspecified atom stereocenters. The average Bonchev–Trinajstić information content (AvgIpc) is 2.67. The maximum absolute atomic E-state index is 12.4. The number of carbonyl (C=O) groups is 3. The third kappa shape index (κ3) is 5.07. The molecule has 0 bridgehead atoms. The van der Waals surface area contributed by atoms with Crippen LogP contribution in [-0.4, -0.2) is 38.0 Å². The summed E-state index contributed by atoms with van der Waals surface area (Å²) in [7, 11) is 2.91. The van der Waals surface area contributed by atoms with E-state index in [2.05, 4.69) is 5.32 Å². The minimum absolute atomic E-state index is 0.0672. The highest BCUT2D eigenvalue weighted by Gasteiger charge is 2.22. The summed E-state index contributed by atoms with van der Waals surface area (Å²) >= 11 is 0. The van der Waals surface area contributed by atoms with Gasteiger partial charge in [-0.1, -0.05) is 0 Å². The van der Waals surface area contributed by atoms with Gasteiger partial charge >= 0.3 is 5.97 Å². The van der Waals surface area contributed by atoms with Gasteiger partial charge in [-0.15, -0.1) is 0 Å². The largest absolute Gasteiger partial charge is 0.497 e. The second-order valence-corrected chi connectivity index (χ2v) is 5.74. The first-order valence-electron chi connectivity index (χ1n) is 8.20. The van der Waals surface area contributed by atoms with Crippen molar-refractivity contribution >= 4 is 23.3 Å². The number of methoxy groups -OCH3 is 2. The maximum atomic E-state index is 12.4. The number of ketones is 1. The molecule has 0 saturated carbocycles. The second kappa shape index (κ2) is 8.84. The molecule has 0 aliphatic heterocycles. The molecule has 7 nitrogen and oxygen atoms in total. The van der Waals surface area contributed by atoms with Crippen molar-refractivity contribution in [2.45, 2.75) is 20.0 Å². The molecular weight excluding hydrogens is 350 g/mol. The number of hydrogen-bond donors (Lipinski definition) is 1. The fourth-order valence-corrected chi connectivity index (χ4v) is 2.28. The lowest BCUT2D eigenvalue weighted by molar-refractivity contribution is -0.123. The van der Waals surface area contributed by atoms with Gasteiger partial charge in [0.1, 0.15) is 17.1 Å². The molecule has 0 aliphatic rings. The van der Waals surface area contributed by atoms with E-state index in [9.17, 15) is 14.4 Å². The van der Waals surface area contributed by atoms with Gasteiger partial charge < -0.3 is 19.5 Å². The van der Waals surface area contributed by atoms with Crippen molar-refractivity contribution in [1.29, 1.82) is 0 Å². The Bertz CT molecular complexity index is 844. The number of rotatable bonds is 7. The molecule has 0 spiro atoms. The Morgan fingerprint density at radius 1 is 0.963 bits per heavy atom. The molecule has 0 radical (unpaired) electrons. The van der Waals surface area contributed by atoms with E-state index in [1.807, 2.05) is 0 Å². The van der Waals surface area contributed by atoms with E-state index in [-0.39, 0.29) is 11.3 Å². The Hall–Kier alpha value is -3.35. The standard InChI is InChI=1S/C20H21NO6/c1-12(22)14-5-7-15(8-6-14)21-19(23)13(2)27-20(24)17-11-16(25-3)9-10-18(17)26-4/h5-11,13H,1-4H3,(H,21,23)/t13-/m0/s1. The first-order valence-corrected chi connectivity index (χ1v) is 8.20. The summed E-state index contributed by atoms with van der Waals surface area (Å²) in [6, 6.07) is 11.1. The summed E-state index contributed by atoms with van der Waals surface area (Å²) in [4.78, 5) is 35.9. The van der Waals surface area contributed by atoms with Gasteiger partial charge in [0.15, 0.2) is 11.9 Å². The maximum Gasteiger partial charge on any atom is 0.342 e. The number of esters is 1. The highest BCUT2D eigenvalue weighted by molar-refractivity contribution is 5.99. The van der Waals surface area contributed by atoms with Crippen LogP contribution in [0.25, 0.3) is 0 Å². The molecule has 1 atom stereocenters. The van der Waals surface area contributed by atoms with Gasteiger partial charge in [0.25, 0.3) is 5.91 Å². The van der Waals surface area contributed by atoms with Crippen LogP contribution < -0.4 is 14.8 Å². The normalized spacial score (nSPS) is 11.3. The van der Waals surface area contributed by atoms with Gasteiger partial charge in [-0.2, -0.15) is 0 Å². The molecule has 142 valence electrons. The van der Waals surface area contributed by atoms with Crippen LogP contribution in [0.3, 0.4) is 0 Å². The van der Waals surface area contributed by atoms with E-state index in [0.717, 1.165) is 0 Å². The van der Waals surface area contributed by atoms with Crippen LogP contribution in [0.2, 0.25) is 0 Å². The topological polar surface area (TPSA) is 90.9 Å². The van der Waals surface area contributed by atoms with Gasteiger partial charge in [0.2, 0.25) is 0 Å². The Morgan fingerprint density at radius 2 is 1.63 bits per heavy atom. The van der Waals surface area contributed by atoms with Crippen LogP contribution in [-0.2, 0) is 9.53 Å². The molecule has 0 aliphatic carbocycles. The predicted molar refractivity (Wildman–Crippen MR) is 99.5 cm³/mol. The number of anilines is 1. The van der Waals surface area contributed by atoms with Gasteiger partial charge in [0, 0.05) is 11.3 Å². The number of amides is 1. The van der Waals surface area contributed by atoms with Crippen LogP contribution in [0.1, 0.15) is 34.6 Å². The van der Waals surface area contributed by atoms with Crippen molar-refractivity contribution in [3.8, 4) is 11.5 Å². The monoisotopic (exact) mass is 371 g/mol. The number of nitrogens with one attached hydrogen (secondary N) is 1. The van der Waals surface area contributed by atoms with Gasteiger partial charge in [-0.25, -0.2) is 4.79 Å². The summed E-state index contributed by atoms with van der Waals surface area (Å²) in [5, 5.41) is 2.63. The molecule has 7 heteroatoms. The van der Waals surface area contributed by atoms with Crippen molar-refractivity contribution < 1.29 is 28.6 Å². The first kappa shape index (κ1) is 20.0. The van der Waals surface area contributed by atoms with Gasteiger partial charge in [-0.05, 0) is 56.3 Å². The van der Waals surface area contributed by atoms with Crippen molar-refractivity contribution in [2.75, 3.05) is 19.5 Å². The molecule has 2 rings (SSSR count). The molecule has 0 aromatic heterocycles. The molecule has 1 N–H and O–H groups in total. The van der Waals surface area contributed by atoms with E-state index < -0.39 is 18.0 Å². The summed E-state index contributed by atoms with van der Waals surface area (Å²) in [5.41, 5.74) is 1.19. The molecule has 0 saturated heterocycles. The number of carbonyl (C=O) groups excluding carboxylic acids is 3. The van der Waals surface area contributed by atoms with Gasteiger partial charge in [-0.3, -0.25) is 9.59 Å².